The van der Waals surface area contributed by atoms with Gasteiger partial charge in [0.25, 0.3) is 0 Å². The molecule has 35 heavy (non-hydrogen) atoms. The summed E-state index contributed by atoms with van der Waals surface area (Å²) in [5.41, 5.74) is 4.13. The number of hydrogen-bond acceptors (Lipinski definition) is 4. The van der Waals surface area contributed by atoms with E-state index in [0.29, 0.717) is 38.3 Å². The number of carbonyl (C=O) groups is 2. The molecule has 182 valence electrons. The van der Waals surface area contributed by atoms with Gasteiger partial charge in [-0.3, -0.25) is 9.59 Å². The smallest absolute Gasteiger partial charge is 0.242 e. The van der Waals surface area contributed by atoms with Crippen LogP contribution in [0.25, 0.3) is 0 Å². The molecular formula is C29H32N2O4. The second-order valence-electron chi connectivity index (χ2n) is 8.75. The molecule has 0 bridgehead atoms. The lowest BCUT2D eigenvalue weighted by atomic mass is 10.0. The molecule has 1 heterocycles. The molecule has 0 unspecified atom stereocenters. The lowest BCUT2D eigenvalue weighted by Crippen LogP contribution is -2.49. The summed E-state index contributed by atoms with van der Waals surface area (Å²) in [5.74, 6) is 1.21. The summed E-state index contributed by atoms with van der Waals surface area (Å²) in [4.78, 5) is 28.4. The van der Waals surface area contributed by atoms with Crippen molar-refractivity contribution in [3.63, 3.8) is 0 Å². The second kappa shape index (κ2) is 11.6. The van der Waals surface area contributed by atoms with Crippen molar-refractivity contribution in [1.29, 1.82) is 0 Å². The number of hydrogen-bond donors (Lipinski definition) is 1. The van der Waals surface area contributed by atoms with E-state index < -0.39 is 6.04 Å². The highest BCUT2D eigenvalue weighted by Gasteiger charge is 2.30. The van der Waals surface area contributed by atoms with Crippen LogP contribution in [0, 0.1) is 6.92 Å². The Morgan fingerprint density at radius 3 is 2.37 bits per heavy atom. The number of nitrogens with zero attached hydrogens (tertiary/aromatic N) is 1. The maximum Gasteiger partial charge on any atom is 0.242 e. The van der Waals surface area contributed by atoms with Gasteiger partial charge in [0.1, 0.15) is 19.3 Å². The molecule has 0 spiro atoms. The molecule has 1 atom stereocenters. The zero-order valence-corrected chi connectivity index (χ0v) is 20.3. The van der Waals surface area contributed by atoms with E-state index in [-0.39, 0.29) is 18.2 Å². The number of aryl methyl sites for hydroxylation is 2. The topological polar surface area (TPSA) is 67.9 Å². The fourth-order valence-corrected chi connectivity index (χ4v) is 4.33. The van der Waals surface area contributed by atoms with E-state index >= 15 is 0 Å². The Bertz CT molecular complexity index is 1160. The molecule has 0 radical (unpaired) electrons. The van der Waals surface area contributed by atoms with E-state index in [0.717, 1.165) is 28.0 Å². The minimum Gasteiger partial charge on any atom is -0.486 e. The quantitative estimate of drug-likeness (QED) is 0.510. The van der Waals surface area contributed by atoms with E-state index in [1.165, 1.54) is 0 Å². The first-order valence-electron chi connectivity index (χ1n) is 12.0. The molecule has 1 aliphatic rings. The maximum absolute atomic E-state index is 13.7. The summed E-state index contributed by atoms with van der Waals surface area (Å²) in [7, 11) is 1.62. The van der Waals surface area contributed by atoms with Crippen molar-refractivity contribution in [2.45, 2.75) is 38.8 Å². The molecule has 1 aliphatic heterocycles. The Labute approximate surface area is 206 Å². The highest BCUT2D eigenvalue weighted by molar-refractivity contribution is 5.88. The van der Waals surface area contributed by atoms with Crippen molar-refractivity contribution >= 4 is 11.8 Å². The van der Waals surface area contributed by atoms with E-state index in [1.807, 2.05) is 79.7 Å². The minimum atomic E-state index is -0.616. The van der Waals surface area contributed by atoms with Crippen LogP contribution in [0.5, 0.6) is 11.5 Å². The van der Waals surface area contributed by atoms with Gasteiger partial charge in [-0.2, -0.15) is 0 Å². The van der Waals surface area contributed by atoms with Crippen LogP contribution in [0.3, 0.4) is 0 Å². The second-order valence-corrected chi connectivity index (χ2v) is 8.75. The third kappa shape index (κ3) is 6.21. The third-order valence-corrected chi connectivity index (χ3v) is 6.35. The number of nitrogens with one attached hydrogen (secondary N) is 1. The van der Waals surface area contributed by atoms with Gasteiger partial charge in [0, 0.05) is 26.4 Å². The average Bonchev–Trinajstić information content (AvgIpc) is 2.90. The SMILES string of the molecule is CNC(=O)[C@H](Cc1ccccc1)N(Cc1ccccc1C)C(=O)CCc1ccc2c(c1)OCCO2. The third-order valence-electron chi connectivity index (χ3n) is 6.35. The first-order valence-corrected chi connectivity index (χ1v) is 12.0. The number of ether oxygens (including phenoxy) is 2. The van der Waals surface area contributed by atoms with Gasteiger partial charge in [-0.05, 0) is 47.7 Å². The van der Waals surface area contributed by atoms with Gasteiger partial charge < -0.3 is 19.7 Å². The molecule has 0 saturated heterocycles. The standard InChI is InChI=1S/C29H32N2O4/c1-21-8-6-7-11-24(21)20-31(25(29(33)30-2)18-22-9-4-3-5-10-22)28(32)15-13-23-12-14-26-27(19-23)35-17-16-34-26/h3-12,14,19,25H,13,15-18,20H2,1-2H3,(H,30,33)/t25-/m0/s1. The van der Waals surface area contributed by atoms with Crippen LogP contribution in [0.2, 0.25) is 0 Å². The van der Waals surface area contributed by atoms with Gasteiger partial charge >= 0.3 is 0 Å². The van der Waals surface area contributed by atoms with Crippen LogP contribution in [0.1, 0.15) is 28.7 Å². The van der Waals surface area contributed by atoms with Crippen molar-refractivity contribution < 1.29 is 19.1 Å². The van der Waals surface area contributed by atoms with Crippen LogP contribution < -0.4 is 14.8 Å². The molecule has 3 aromatic rings. The van der Waals surface area contributed by atoms with Crippen LogP contribution in [-0.2, 0) is 29.0 Å². The number of carbonyl (C=O) groups excluding carboxylic acids is 2. The van der Waals surface area contributed by atoms with E-state index in [9.17, 15) is 9.59 Å². The molecule has 4 rings (SSSR count). The number of benzene rings is 3. The summed E-state index contributed by atoms with van der Waals surface area (Å²) < 4.78 is 11.3. The summed E-state index contributed by atoms with van der Waals surface area (Å²) in [6, 6.07) is 23.0. The summed E-state index contributed by atoms with van der Waals surface area (Å²) in [5, 5.41) is 2.77. The molecule has 0 aliphatic carbocycles. The summed E-state index contributed by atoms with van der Waals surface area (Å²) >= 11 is 0. The van der Waals surface area contributed by atoms with Crippen molar-refractivity contribution in [3.05, 3.63) is 95.1 Å². The zero-order valence-electron chi connectivity index (χ0n) is 20.3. The number of rotatable bonds is 9. The number of amides is 2. The van der Waals surface area contributed by atoms with E-state index in [1.54, 1.807) is 11.9 Å². The lowest BCUT2D eigenvalue weighted by molar-refractivity contribution is -0.141. The molecular weight excluding hydrogens is 440 g/mol. The Morgan fingerprint density at radius 1 is 0.914 bits per heavy atom. The first kappa shape index (κ1) is 24.3. The van der Waals surface area contributed by atoms with Gasteiger partial charge in [0.15, 0.2) is 11.5 Å². The molecule has 0 saturated carbocycles. The molecule has 6 nitrogen and oxygen atoms in total. The van der Waals surface area contributed by atoms with Gasteiger partial charge in [0.05, 0.1) is 0 Å². The molecule has 6 heteroatoms. The number of fused-ring (bicyclic) bond motifs is 1. The van der Waals surface area contributed by atoms with E-state index in [4.69, 9.17) is 9.47 Å². The predicted molar refractivity (Wildman–Crippen MR) is 135 cm³/mol. The highest BCUT2D eigenvalue weighted by Crippen LogP contribution is 2.31. The first-order chi connectivity index (χ1) is 17.0. The Hall–Kier alpha value is -3.80. The van der Waals surface area contributed by atoms with Crippen LogP contribution >= 0.6 is 0 Å². The van der Waals surface area contributed by atoms with Gasteiger partial charge in [0.2, 0.25) is 11.8 Å². The molecule has 0 fully saturated rings. The van der Waals surface area contributed by atoms with Crippen LogP contribution in [0.15, 0.2) is 72.8 Å². The molecule has 2 amide bonds. The molecule has 3 aromatic carbocycles. The van der Waals surface area contributed by atoms with Gasteiger partial charge in [-0.25, -0.2) is 0 Å². The summed E-state index contributed by atoms with van der Waals surface area (Å²) in [6.07, 6.45) is 1.28. The maximum atomic E-state index is 13.7. The molecule has 1 N–H and O–H groups in total. The van der Waals surface area contributed by atoms with Gasteiger partial charge in [-0.1, -0.05) is 60.7 Å². The Morgan fingerprint density at radius 2 is 1.63 bits per heavy atom. The lowest BCUT2D eigenvalue weighted by Gasteiger charge is -2.31. The average molecular weight is 473 g/mol. The minimum absolute atomic E-state index is 0.0623. The summed E-state index contributed by atoms with van der Waals surface area (Å²) in [6.45, 7) is 3.46. The number of likely N-dealkylation sites (N-methyl/N-ethyl adjacent to an activating group) is 1. The molecule has 0 aromatic heterocycles. The highest BCUT2D eigenvalue weighted by atomic mass is 16.6. The van der Waals surface area contributed by atoms with Crippen molar-refractivity contribution in [1.82, 2.24) is 10.2 Å². The van der Waals surface area contributed by atoms with Crippen LogP contribution in [0.4, 0.5) is 0 Å². The Balaban J connectivity index is 1.57. The van der Waals surface area contributed by atoms with Crippen molar-refractivity contribution in [2.24, 2.45) is 0 Å². The normalized spacial score (nSPS) is 13.1. The zero-order chi connectivity index (χ0) is 24.6. The van der Waals surface area contributed by atoms with E-state index in [2.05, 4.69) is 5.32 Å². The Kier molecular flexibility index (Phi) is 8.03. The van der Waals surface area contributed by atoms with Crippen molar-refractivity contribution in [3.8, 4) is 11.5 Å². The van der Waals surface area contributed by atoms with Gasteiger partial charge in [-0.15, -0.1) is 0 Å². The largest absolute Gasteiger partial charge is 0.486 e. The van der Waals surface area contributed by atoms with Crippen LogP contribution in [-0.4, -0.2) is 43.0 Å². The van der Waals surface area contributed by atoms with Crippen molar-refractivity contribution in [2.75, 3.05) is 20.3 Å². The fraction of sp³-hybridized carbons (Fsp3) is 0.310. The fourth-order valence-electron chi connectivity index (χ4n) is 4.33. The monoisotopic (exact) mass is 472 g/mol. The predicted octanol–water partition coefficient (Wildman–Crippen LogP) is 4.08.